The lowest BCUT2D eigenvalue weighted by Crippen LogP contribution is -2.25. The van der Waals surface area contributed by atoms with E-state index in [9.17, 15) is 22.8 Å². The maximum atomic E-state index is 12.5. The number of rotatable bonds is 6. The molecule has 0 aliphatic carbocycles. The Bertz CT molecular complexity index is 862. The van der Waals surface area contributed by atoms with Crippen LogP contribution < -0.4 is 10.1 Å². The molecule has 2 aromatic carbocycles. The van der Waals surface area contributed by atoms with Gasteiger partial charge in [-0.1, -0.05) is 30.3 Å². The number of halogens is 3. The SMILES string of the molecule is CC(=O)Nc1ccc(/C=C/C(=O)N(C)Cc2ccccc2OC(F)(F)F)cc1. The molecule has 2 rings (SSSR count). The van der Waals surface area contributed by atoms with E-state index < -0.39 is 6.36 Å². The summed E-state index contributed by atoms with van der Waals surface area (Å²) in [6, 6.07) is 12.5. The second-order valence-corrected chi connectivity index (χ2v) is 5.99. The number of amides is 2. The Balaban J connectivity index is 2.01. The summed E-state index contributed by atoms with van der Waals surface area (Å²) in [5.41, 5.74) is 1.61. The number of likely N-dealkylation sites (N-methyl/N-ethyl adjacent to an activating group) is 1. The molecule has 0 radical (unpaired) electrons. The monoisotopic (exact) mass is 392 g/mol. The third-order valence-corrected chi connectivity index (χ3v) is 3.63. The predicted molar refractivity (Wildman–Crippen MR) is 99.4 cm³/mol. The Morgan fingerprint density at radius 3 is 2.36 bits per heavy atom. The first-order chi connectivity index (χ1) is 13.1. The summed E-state index contributed by atoms with van der Waals surface area (Å²) < 4.78 is 41.5. The summed E-state index contributed by atoms with van der Waals surface area (Å²) in [5, 5.41) is 2.63. The highest BCUT2D eigenvalue weighted by Gasteiger charge is 2.32. The molecular weight excluding hydrogens is 373 g/mol. The number of nitrogens with zero attached hydrogens (tertiary/aromatic N) is 1. The average Bonchev–Trinajstić information content (AvgIpc) is 2.60. The van der Waals surface area contributed by atoms with E-state index in [1.165, 1.54) is 43.1 Å². The summed E-state index contributed by atoms with van der Waals surface area (Å²) in [4.78, 5) is 24.5. The zero-order valence-corrected chi connectivity index (χ0v) is 15.3. The molecule has 2 amide bonds. The van der Waals surface area contributed by atoms with Crippen LogP contribution in [0.1, 0.15) is 18.1 Å². The van der Waals surface area contributed by atoms with E-state index in [1.54, 1.807) is 36.4 Å². The number of nitrogens with one attached hydrogen (secondary N) is 1. The zero-order valence-electron chi connectivity index (χ0n) is 15.3. The lowest BCUT2D eigenvalue weighted by atomic mass is 10.1. The number of carbonyl (C=O) groups excluding carboxylic acids is 2. The van der Waals surface area contributed by atoms with Gasteiger partial charge in [0.15, 0.2) is 0 Å². The molecule has 1 N–H and O–H groups in total. The fraction of sp³-hybridized carbons (Fsp3) is 0.200. The van der Waals surface area contributed by atoms with Gasteiger partial charge in [-0.15, -0.1) is 13.2 Å². The minimum absolute atomic E-state index is 0.0447. The van der Waals surface area contributed by atoms with E-state index in [1.807, 2.05) is 0 Å². The van der Waals surface area contributed by atoms with E-state index in [2.05, 4.69) is 10.1 Å². The van der Waals surface area contributed by atoms with Crippen LogP contribution in [0, 0.1) is 0 Å². The number of para-hydroxylation sites is 1. The second kappa shape index (κ2) is 9.07. The van der Waals surface area contributed by atoms with Gasteiger partial charge in [0.2, 0.25) is 11.8 Å². The summed E-state index contributed by atoms with van der Waals surface area (Å²) in [6.07, 6.45) is -1.91. The molecule has 5 nitrogen and oxygen atoms in total. The van der Waals surface area contributed by atoms with Crippen molar-refractivity contribution >= 4 is 23.6 Å². The van der Waals surface area contributed by atoms with Gasteiger partial charge >= 0.3 is 6.36 Å². The minimum Gasteiger partial charge on any atom is -0.405 e. The van der Waals surface area contributed by atoms with Crippen molar-refractivity contribution in [3.05, 3.63) is 65.7 Å². The maximum Gasteiger partial charge on any atom is 0.573 e. The summed E-state index contributed by atoms with van der Waals surface area (Å²) in [7, 11) is 1.48. The predicted octanol–water partition coefficient (Wildman–Crippen LogP) is 4.22. The molecule has 0 aliphatic rings. The fourth-order valence-corrected chi connectivity index (χ4v) is 2.37. The Morgan fingerprint density at radius 2 is 1.75 bits per heavy atom. The number of anilines is 1. The molecule has 0 saturated heterocycles. The van der Waals surface area contributed by atoms with Crippen LogP contribution in [-0.2, 0) is 16.1 Å². The number of hydrogen-bond donors (Lipinski definition) is 1. The molecule has 148 valence electrons. The molecule has 0 spiro atoms. The summed E-state index contributed by atoms with van der Waals surface area (Å²) in [6.45, 7) is 1.36. The number of hydrogen-bond acceptors (Lipinski definition) is 3. The lowest BCUT2D eigenvalue weighted by molar-refractivity contribution is -0.275. The maximum absolute atomic E-state index is 12.5. The number of alkyl halides is 3. The van der Waals surface area contributed by atoms with Gasteiger partial charge in [0.25, 0.3) is 0 Å². The Hall–Kier alpha value is -3.29. The van der Waals surface area contributed by atoms with Crippen molar-refractivity contribution in [3.63, 3.8) is 0 Å². The zero-order chi connectivity index (χ0) is 20.7. The highest BCUT2D eigenvalue weighted by Crippen LogP contribution is 2.27. The molecule has 0 atom stereocenters. The highest BCUT2D eigenvalue weighted by atomic mass is 19.4. The van der Waals surface area contributed by atoms with Crippen LogP contribution >= 0.6 is 0 Å². The molecule has 2 aromatic rings. The van der Waals surface area contributed by atoms with E-state index in [-0.39, 0.29) is 29.7 Å². The van der Waals surface area contributed by atoms with Crippen LogP contribution in [-0.4, -0.2) is 30.1 Å². The average molecular weight is 392 g/mol. The Labute approximate surface area is 160 Å². The van der Waals surface area contributed by atoms with Crippen LogP contribution in [0.5, 0.6) is 5.75 Å². The molecule has 0 aromatic heterocycles. The second-order valence-electron chi connectivity index (χ2n) is 5.99. The molecule has 0 saturated carbocycles. The van der Waals surface area contributed by atoms with E-state index in [4.69, 9.17) is 0 Å². The molecule has 0 fully saturated rings. The van der Waals surface area contributed by atoms with Crippen molar-refractivity contribution in [2.24, 2.45) is 0 Å². The molecule has 0 aliphatic heterocycles. The van der Waals surface area contributed by atoms with E-state index in [0.717, 1.165) is 5.56 Å². The van der Waals surface area contributed by atoms with Crippen LogP contribution in [0.25, 0.3) is 6.08 Å². The molecule has 28 heavy (non-hydrogen) atoms. The first kappa shape index (κ1) is 21.0. The Kier molecular flexibility index (Phi) is 6.81. The van der Waals surface area contributed by atoms with Crippen molar-refractivity contribution in [2.45, 2.75) is 19.8 Å². The van der Waals surface area contributed by atoms with Crippen molar-refractivity contribution < 1.29 is 27.5 Å². The van der Waals surface area contributed by atoms with Gasteiger partial charge in [0.1, 0.15) is 5.75 Å². The standard InChI is InChI=1S/C20H19F3N2O3/c1-14(26)24-17-10-7-15(8-11-17)9-12-19(27)25(2)13-16-5-3-4-6-18(16)28-20(21,22)23/h3-12H,13H2,1-2H3,(H,24,26)/b12-9+. The fourth-order valence-electron chi connectivity index (χ4n) is 2.37. The molecule has 0 bridgehead atoms. The number of ether oxygens (including phenoxy) is 1. The largest absolute Gasteiger partial charge is 0.573 e. The van der Waals surface area contributed by atoms with Gasteiger partial charge in [-0.25, -0.2) is 0 Å². The number of benzene rings is 2. The third kappa shape index (κ3) is 6.79. The normalized spacial score (nSPS) is 11.3. The van der Waals surface area contributed by atoms with Crippen molar-refractivity contribution in [1.82, 2.24) is 4.90 Å². The van der Waals surface area contributed by atoms with Crippen molar-refractivity contribution in [3.8, 4) is 5.75 Å². The van der Waals surface area contributed by atoms with Crippen LogP contribution in [0.4, 0.5) is 18.9 Å². The van der Waals surface area contributed by atoms with Crippen molar-refractivity contribution in [1.29, 1.82) is 0 Å². The van der Waals surface area contributed by atoms with E-state index >= 15 is 0 Å². The van der Waals surface area contributed by atoms with Crippen LogP contribution in [0.3, 0.4) is 0 Å². The quantitative estimate of drug-likeness (QED) is 0.749. The smallest absolute Gasteiger partial charge is 0.405 e. The lowest BCUT2D eigenvalue weighted by Gasteiger charge is -2.18. The first-order valence-electron chi connectivity index (χ1n) is 8.28. The van der Waals surface area contributed by atoms with Crippen LogP contribution in [0.2, 0.25) is 0 Å². The molecule has 0 unspecified atom stereocenters. The molecule has 0 heterocycles. The highest BCUT2D eigenvalue weighted by molar-refractivity contribution is 5.92. The van der Waals surface area contributed by atoms with Crippen LogP contribution in [0.15, 0.2) is 54.6 Å². The van der Waals surface area contributed by atoms with Gasteiger partial charge in [0, 0.05) is 37.8 Å². The summed E-state index contributed by atoms with van der Waals surface area (Å²) in [5.74, 6) is -0.908. The first-order valence-corrected chi connectivity index (χ1v) is 8.28. The minimum atomic E-state index is -4.80. The van der Waals surface area contributed by atoms with Gasteiger partial charge in [-0.2, -0.15) is 0 Å². The van der Waals surface area contributed by atoms with E-state index in [0.29, 0.717) is 5.69 Å². The molecular formula is C20H19F3N2O3. The third-order valence-electron chi connectivity index (χ3n) is 3.63. The van der Waals surface area contributed by atoms with Gasteiger partial charge in [-0.05, 0) is 29.8 Å². The Morgan fingerprint density at radius 1 is 1.11 bits per heavy atom. The van der Waals surface area contributed by atoms with Gasteiger partial charge in [0.05, 0.1) is 0 Å². The number of carbonyl (C=O) groups is 2. The summed E-state index contributed by atoms with van der Waals surface area (Å²) >= 11 is 0. The van der Waals surface area contributed by atoms with Crippen molar-refractivity contribution in [2.75, 3.05) is 12.4 Å². The van der Waals surface area contributed by atoms with Gasteiger partial charge in [-0.3, -0.25) is 9.59 Å². The van der Waals surface area contributed by atoms with Gasteiger partial charge < -0.3 is 15.0 Å². The molecule has 8 heteroatoms. The topological polar surface area (TPSA) is 58.6 Å².